The lowest BCUT2D eigenvalue weighted by atomic mass is 10.1. The Balaban J connectivity index is 0.00000294. The number of hydrogen-bond acceptors (Lipinski definition) is 7. The van der Waals surface area contributed by atoms with E-state index in [1.54, 1.807) is 22.3 Å². The van der Waals surface area contributed by atoms with Crippen LogP contribution in [0.4, 0.5) is 9.52 Å². The van der Waals surface area contributed by atoms with Crippen molar-refractivity contribution in [3.05, 3.63) is 77.4 Å². The molecule has 38 heavy (non-hydrogen) atoms. The number of ether oxygens (including phenoxy) is 1. The third-order valence-corrected chi connectivity index (χ3v) is 8.45. The predicted molar refractivity (Wildman–Crippen MR) is 155 cm³/mol. The number of hydrogen-bond donors (Lipinski definition) is 0. The van der Waals surface area contributed by atoms with E-state index in [1.165, 1.54) is 17.4 Å². The Bertz CT molecular complexity index is 1550. The van der Waals surface area contributed by atoms with Gasteiger partial charge in [-0.1, -0.05) is 41.7 Å². The molecule has 0 atom stereocenters. The van der Waals surface area contributed by atoms with E-state index in [4.69, 9.17) is 9.72 Å². The standard InChI is InChI=1S/C28H25FN4O2S2.ClH/c29-21-7-3-9-25-26(21)31-28(37-25)33(12-5-11-32-13-15-35-16-14-32)27(34)20-18-23(24-10-4-17-36-24)30-22-8-2-1-6-19(20)22;/h1-4,6-10,17-18H,5,11-16H2;1H. The van der Waals surface area contributed by atoms with Gasteiger partial charge < -0.3 is 4.74 Å². The van der Waals surface area contributed by atoms with Gasteiger partial charge in [0.25, 0.3) is 5.91 Å². The van der Waals surface area contributed by atoms with E-state index >= 15 is 0 Å². The van der Waals surface area contributed by atoms with Crippen LogP contribution in [0.3, 0.4) is 0 Å². The average Bonchev–Trinajstić information content (AvgIpc) is 3.62. The number of benzene rings is 2. The molecule has 4 heterocycles. The largest absolute Gasteiger partial charge is 0.379 e. The fraction of sp³-hybridized carbons (Fsp3) is 0.250. The second kappa shape index (κ2) is 11.8. The van der Waals surface area contributed by atoms with Crippen molar-refractivity contribution in [2.24, 2.45) is 0 Å². The second-order valence-corrected chi connectivity index (χ2v) is 10.9. The molecule has 0 saturated carbocycles. The smallest absolute Gasteiger partial charge is 0.260 e. The summed E-state index contributed by atoms with van der Waals surface area (Å²) in [5.74, 6) is -0.534. The van der Waals surface area contributed by atoms with Gasteiger partial charge in [0, 0.05) is 31.6 Å². The van der Waals surface area contributed by atoms with Crippen LogP contribution in [0.15, 0.2) is 66.0 Å². The summed E-state index contributed by atoms with van der Waals surface area (Å²) in [6.07, 6.45) is 0.769. The van der Waals surface area contributed by atoms with Crippen LogP contribution in [0.2, 0.25) is 0 Å². The Labute approximate surface area is 234 Å². The van der Waals surface area contributed by atoms with Crippen molar-refractivity contribution in [2.45, 2.75) is 6.42 Å². The summed E-state index contributed by atoms with van der Waals surface area (Å²) in [5.41, 5.74) is 2.40. The zero-order valence-corrected chi connectivity index (χ0v) is 23.0. The van der Waals surface area contributed by atoms with E-state index in [0.29, 0.717) is 22.8 Å². The quantitative estimate of drug-likeness (QED) is 0.224. The zero-order valence-electron chi connectivity index (χ0n) is 20.5. The van der Waals surface area contributed by atoms with Gasteiger partial charge in [-0.25, -0.2) is 14.4 Å². The van der Waals surface area contributed by atoms with Crippen molar-refractivity contribution in [1.29, 1.82) is 0 Å². The number of carbonyl (C=O) groups excluding carboxylic acids is 1. The topological polar surface area (TPSA) is 58.6 Å². The third-order valence-electron chi connectivity index (χ3n) is 6.51. The number of fused-ring (bicyclic) bond motifs is 2. The average molecular weight is 569 g/mol. The molecule has 0 spiro atoms. The summed E-state index contributed by atoms with van der Waals surface area (Å²) in [4.78, 5) is 28.7. The number of amides is 1. The third kappa shape index (κ3) is 5.43. The number of pyridine rings is 1. The van der Waals surface area contributed by atoms with E-state index < -0.39 is 0 Å². The highest BCUT2D eigenvalue weighted by atomic mass is 35.5. The monoisotopic (exact) mass is 568 g/mol. The van der Waals surface area contributed by atoms with Crippen LogP contribution in [0.1, 0.15) is 16.8 Å². The summed E-state index contributed by atoms with van der Waals surface area (Å²) in [5, 5.41) is 3.30. The molecule has 10 heteroatoms. The maximum atomic E-state index is 14.5. The van der Waals surface area contributed by atoms with E-state index in [9.17, 15) is 9.18 Å². The molecular formula is C28H26ClFN4O2S2. The number of carbonyl (C=O) groups is 1. The molecule has 0 bridgehead atoms. The highest BCUT2D eigenvalue weighted by Gasteiger charge is 2.25. The van der Waals surface area contributed by atoms with E-state index in [0.717, 1.165) is 65.4 Å². The number of para-hydroxylation sites is 2. The molecule has 0 unspecified atom stereocenters. The van der Waals surface area contributed by atoms with E-state index in [2.05, 4.69) is 9.88 Å². The van der Waals surface area contributed by atoms with Gasteiger partial charge in [-0.15, -0.1) is 23.7 Å². The molecule has 3 aromatic heterocycles. The molecule has 1 fully saturated rings. The molecule has 0 radical (unpaired) electrons. The molecule has 6 nitrogen and oxygen atoms in total. The number of anilines is 1. The van der Waals surface area contributed by atoms with E-state index in [1.807, 2.05) is 53.9 Å². The molecule has 196 valence electrons. The van der Waals surface area contributed by atoms with Crippen molar-refractivity contribution >= 4 is 67.2 Å². The van der Waals surface area contributed by atoms with Crippen LogP contribution in [0.5, 0.6) is 0 Å². The van der Waals surface area contributed by atoms with Crippen LogP contribution in [0.25, 0.3) is 31.7 Å². The molecule has 1 saturated heterocycles. The molecule has 0 N–H and O–H groups in total. The molecule has 1 aliphatic rings. The van der Waals surface area contributed by atoms with Gasteiger partial charge in [0.2, 0.25) is 0 Å². The lowest BCUT2D eigenvalue weighted by Gasteiger charge is -2.28. The maximum absolute atomic E-state index is 14.5. The Kier molecular flexibility index (Phi) is 8.30. The van der Waals surface area contributed by atoms with Crippen LogP contribution in [-0.2, 0) is 4.74 Å². The maximum Gasteiger partial charge on any atom is 0.260 e. The predicted octanol–water partition coefficient (Wildman–Crippen LogP) is 6.50. The van der Waals surface area contributed by atoms with Crippen LogP contribution in [0, 0.1) is 5.82 Å². The van der Waals surface area contributed by atoms with Gasteiger partial charge in [-0.2, -0.15) is 0 Å². The molecular weight excluding hydrogens is 543 g/mol. The van der Waals surface area contributed by atoms with Crippen molar-refractivity contribution in [2.75, 3.05) is 44.3 Å². The fourth-order valence-corrected chi connectivity index (χ4v) is 6.32. The Hall–Kier alpha value is -2.95. The van der Waals surface area contributed by atoms with Gasteiger partial charge in [-0.05, 0) is 42.1 Å². The molecule has 1 aliphatic heterocycles. The zero-order chi connectivity index (χ0) is 25.2. The molecule has 1 amide bonds. The minimum atomic E-state index is -0.380. The first-order chi connectivity index (χ1) is 18.2. The van der Waals surface area contributed by atoms with Gasteiger partial charge in [0.05, 0.1) is 39.6 Å². The number of thiazole rings is 1. The van der Waals surface area contributed by atoms with Crippen LogP contribution >= 0.6 is 35.1 Å². The lowest BCUT2D eigenvalue weighted by molar-refractivity contribution is 0.0376. The number of morpholine rings is 1. The number of thiophene rings is 1. The van der Waals surface area contributed by atoms with Crippen molar-refractivity contribution in [3.8, 4) is 10.6 Å². The summed E-state index contributed by atoms with van der Waals surface area (Å²) in [6, 6.07) is 18.5. The summed E-state index contributed by atoms with van der Waals surface area (Å²) < 4.78 is 20.7. The minimum absolute atomic E-state index is 0. The highest BCUT2D eigenvalue weighted by molar-refractivity contribution is 7.22. The summed E-state index contributed by atoms with van der Waals surface area (Å²) >= 11 is 2.93. The Morgan fingerprint density at radius 1 is 1.05 bits per heavy atom. The summed E-state index contributed by atoms with van der Waals surface area (Å²) in [6.45, 7) is 4.56. The SMILES string of the molecule is Cl.O=C(c1cc(-c2cccs2)nc2ccccc12)N(CCCN1CCOCC1)c1nc2c(F)cccc2s1. The fourth-order valence-electron chi connectivity index (χ4n) is 4.63. The number of aromatic nitrogens is 2. The molecule has 5 aromatic rings. The molecule has 6 rings (SSSR count). The van der Waals surface area contributed by atoms with Gasteiger partial charge in [0.1, 0.15) is 11.3 Å². The van der Waals surface area contributed by atoms with Gasteiger partial charge >= 0.3 is 0 Å². The van der Waals surface area contributed by atoms with Crippen molar-refractivity contribution in [3.63, 3.8) is 0 Å². The van der Waals surface area contributed by atoms with E-state index in [-0.39, 0.29) is 24.1 Å². The number of nitrogens with zero attached hydrogens (tertiary/aromatic N) is 4. The first-order valence-electron chi connectivity index (χ1n) is 12.3. The van der Waals surface area contributed by atoms with Gasteiger partial charge in [0.15, 0.2) is 5.13 Å². The Morgan fingerprint density at radius 2 is 1.89 bits per heavy atom. The van der Waals surface area contributed by atoms with Gasteiger partial charge in [-0.3, -0.25) is 14.6 Å². The number of rotatable bonds is 7. The first kappa shape index (κ1) is 26.6. The van der Waals surface area contributed by atoms with Crippen LogP contribution < -0.4 is 4.90 Å². The number of halogens is 2. The van der Waals surface area contributed by atoms with Crippen molar-refractivity contribution < 1.29 is 13.9 Å². The first-order valence-corrected chi connectivity index (χ1v) is 14.0. The molecule has 0 aliphatic carbocycles. The van der Waals surface area contributed by atoms with Crippen LogP contribution in [-0.4, -0.2) is 60.2 Å². The Morgan fingerprint density at radius 3 is 2.68 bits per heavy atom. The lowest BCUT2D eigenvalue weighted by Crippen LogP contribution is -2.39. The molecule has 2 aromatic carbocycles. The van der Waals surface area contributed by atoms with Crippen molar-refractivity contribution in [1.82, 2.24) is 14.9 Å². The summed E-state index contributed by atoms with van der Waals surface area (Å²) in [7, 11) is 0. The normalized spacial score (nSPS) is 14.0. The highest BCUT2D eigenvalue weighted by Crippen LogP contribution is 2.33. The minimum Gasteiger partial charge on any atom is -0.379 e. The second-order valence-electron chi connectivity index (χ2n) is 8.90.